The van der Waals surface area contributed by atoms with E-state index in [1.54, 1.807) is 24.3 Å². The van der Waals surface area contributed by atoms with Crippen LogP contribution < -0.4 is 5.32 Å². The van der Waals surface area contributed by atoms with Crippen LogP contribution in [-0.2, 0) is 15.2 Å². The summed E-state index contributed by atoms with van der Waals surface area (Å²) in [5.74, 6) is -0.709. The van der Waals surface area contributed by atoms with E-state index >= 15 is 0 Å². The molecule has 2 fully saturated rings. The lowest BCUT2D eigenvalue weighted by Gasteiger charge is -2.50. The Hall–Kier alpha value is -4.22. The van der Waals surface area contributed by atoms with Crippen LogP contribution in [-0.4, -0.2) is 22.9 Å². The van der Waals surface area contributed by atoms with Crippen molar-refractivity contribution in [2.75, 3.05) is 0 Å². The number of hydrogen-bond donors (Lipinski definition) is 1. The van der Waals surface area contributed by atoms with Gasteiger partial charge in [-0.25, -0.2) is 4.79 Å². The van der Waals surface area contributed by atoms with E-state index in [2.05, 4.69) is 17.4 Å². The first kappa shape index (κ1) is 21.3. The van der Waals surface area contributed by atoms with Crippen LogP contribution in [0.25, 0.3) is 0 Å². The summed E-state index contributed by atoms with van der Waals surface area (Å²) in [5.41, 5.74) is 2.72. The van der Waals surface area contributed by atoms with Crippen LogP contribution in [0.4, 0.5) is 0 Å². The smallest absolute Gasteiger partial charge is 0.338 e. The molecule has 0 bridgehead atoms. The SMILES string of the molecule is O=C(OC1C(=O)N([C@@]2(c3ccccc3)N[C@H]2c2ccccc2)C1c1ccccc1)c1ccccc1. The van der Waals surface area contributed by atoms with Crippen LogP contribution >= 0.6 is 0 Å². The number of nitrogens with zero attached hydrogens (tertiary/aromatic N) is 1. The summed E-state index contributed by atoms with van der Waals surface area (Å²) >= 11 is 0. The van der Waals surface area contributed by atoms with Crippen molar-refractivity contribution in [2.45, 2.75) is 23.9 Å². The minimum atomic E-state index is -0.899. The van der Waals surface area contributed by atoms with Gasteiger partial charge in [0.05, 0.1) is 11.6 Å². The maximum absolute atomic E-state index is 13.8. The van der Waals surface area contributed by atoms with Crippen molar-refractivity contribution in [3.63, 3.8) is 0 Å². The normalized spacial score (nSPS) is 25.0. The molecule has 0 aliphatic carbocycles. The monoisotopic (exact) mass is 460 g/mol. The van der Waals surface area contributed by atoms with Gasteiger partial charge < -0.3 is 9.64 Å². The van der Waals surface area contributed by atoms with Gasteiger partial charge in [0, 0.05) is 0 Å². The third-order valence-electron chi connectivity index (χ3n) is 6.86. The van der Waals surface area contributed by atoms with Gasteiger partial charge in [-0.05, 0) is 28.8 Å². The lowest BCUT2D eigenvalue weighted by molar-refractivity contribution is -0.177. The Labute approximate surface area is 204 Å². The first-order chi connectivity index (χ1) is 17.2. The standard InChI is InChI=1S/C30H24N2O3/c33-28-26(35-29(34)23-17-9-3-10-18-23)25(21-13-5-1-6-14-21)32(28)30(24-19-11-4-12-20-24)27(31-30)22-15-7-2-8-16-22/h1-20,25-27,31H/t25?,26?,27-,30+/m0/s1. The number of likely N-dealkylation sites (tertiary alicyclic amines) is 1. The Morgan fingerprint density at radius 3 is 1.83 bits per heavy atom. The number of carbonyl (C=O) groups excluding carboxylic acids is 2. The zero-order valence-electron chi connectivity index (χ0n) is 19.0. The number of nitrogens with one attached hydrogen (secondary N) is 1. The van der Waals surface area contributed by atoms with Gasteiger partial charge in [-0.1, -0.05) is 109 Å². The number of hydrogen-bond acceptors (Lipinski definition) is 4. The van der Waals surface area contributed by atoms with E-state index in [0.717, 1.165) is 16.7 Å². The van der Waals surface area contributed by atoms with Crippen molar-refractivity contribution in [3.05, 3.63) is 144 Å². The van der Waals surface area contributed by atoms with Crippen molar-refractivity contribution in [1.29, 1.82) is 0 Å². The number of rotatable bonds is 6. The molecule has 35 heavy (non-hydrogen) atoms. The summed E-state index contributed by atoms with van der Waals surface area (Å²) in [7, 11) is 0. The highest BCUT2D eigenvalue weighted by molar-refractivity contribution is 5.96. The number of carbonyl (C=O) groups is 2. The van der Waals surface area contributed by atoms with Crippen LogP contribution in [0.15, 0.2) is 121 Å². The average molecular weight is 461 g/mol. The molecule has 2 heterocycles. The van der Waals surface area contributed by atoms with E-state index in [9.17, 15) is 9.59 Å². The molecule has 0 spiro atoms. The summed E-state index contributed by atoms with van der Waals surface area (Å²) in [6.45, 7) is 0. The zero-order chi connectivity index (χ0) is 23.8. The van der Waals surface area contributed by atoms with E-state index in [1.165, 1.54) is 0 Å². The van der Waals surface area contributed by atoms with Crippen molar-refractivity contribution < 1.29 is 14.3 Å². The summed E-state index contributed by atoms with van der Waals surface area (Å²) in [5, 5.41) is 3.62. The van der Waals surface area contributed by atoms with Crippen molar-refractivity contribution in [2.24, 2.45) is 0 Å². The largest absolute Gasteiger partial charge is 0.446 e. The minimum absolute atomic E-state index is 0.0768. The van der Waals surface area contributed by atoms with Crippen molar-refractivity contribution in [3.8, 4) is 0 Å². The quantitative estimate of drug-likeness (QED) is 0.250. The fourth-order valence-corrected chi connectivity index (χ4v) is 5.14. The predicted octanol–water partition coefficient (Wildman–Crippen LogP) is 4.99. The Morgan fingerprint density at radius 1 is 0.714 bits per heavy atom. The molecule has 172 valence electrons. The third kappa shape index (κ3) is 3.52. The molecule has 0 aromatic heterocycles. The van der Waals surface area contributed by atoms with E-state index < -0.39 is 23.8 Å². The fraction of sp³-hybridized carbons (Fsp3) is 0.133. The van der Waals surface area contributed by atoms with E-state index in [0.29, 0.717) is 5.56 Å². The predicted molar refractivity (Wildman–Crippen MR) is 132 cm³/mol. The van der Waals surface area contributed by atoms with Crippen LogP contribution in [0.5, 0.6) is 0 Å². The minimum Gasteiger partial charge on any atom is -0.446 e. The molecule has 2 aliphatic heterocycles. The summed E-state index contributed by atoms with van der Waals surface area (Å²) < 4.78 is 5.82. The first-order valence-electron chi connectivity index (χ1n) is 11.7. The van der Waals surface area contributed by atoms with Crippen LogP contribution in [0, 0.1) is 0 Å². The van der Waals surface area contributed by atoms with Gasteiger partial charge in [0.1, 0.15) is 11.7 Å². The number of ether oxygens (including phenoxy) is 1. The molecule has 1 N–H and O–H groups in total. The number of β-lactam (4-membered cyclic amide) rings is 1. The van der Waals surface area contributed by atoms with Gasteiger partial charge in [-0.15, -0.1) is 0 Å². The highest BCUT2D eigenvalue weighted by atomic mass is 16.6. The zero-order valence-corrected chi connectivity index (χ0v) is 19.0. The molecule has 5 nitrogen and oxygen atoms in total. The van der Waals surface area contributed by atoms with Crippen LogP contribution in [0.2, 0.25) is 0 Å². The van der Waals surface area contributed by atoms with Crippen molar-refractivity contribution >= 4 is 11.9 Å². The third-order valence-corrected chi connectivity index (χ3v) is 6.86. The van der Waals surface area contributed by atoms with Gasteiger partial charge in [0.2, 0.25) is 6.10 Å². The Bertz CT molecular complexity index is 1350. The first-order valence-corrected chi connectivity index (χ1v) is 11.7. The molecule has 2 saturated heterocycles. The average Bonchev–Trinajstić information content (AvgIpc) is 3.68. The molecule has 2 unspecified atom stereocenters. The molecule has 0 saturated carbocycles. The molecule has 4 atom stereocenters. The Morgan fingerprint density at radius 2 is 1.23 bits per heavy atom. The Kier molecular flexibility index (Phi) is 5.20. The summed E-state index contributed by atoms with van der Waals surface area (Å²) in [6, 6.07) is 38.2. The summed E-state index contributed by atoms with van der Waals surface area (Å²) in [4.78, 5) is 28.5. The fourth-order valence-electron chi connectivity index (χ4n) is 5.14. The van der Waals surface area contributed by atoms with Gasteiger partial charge in [0.25, 0.3) is 5.91 Å². The molecule has 4 aromatic carbocycles. The van der Waals surface area contributed by atoms with Crippen LogP contribution in [0.1, 0.15) is 39.1 Å². The van der Waals surface area contributed by atoms with Crippen LogP contribution in [0.3, 0.4) is 0 Å². The number of esters is 1. The van der Waals surface area contributed by atoms with E-state index in [-0.39, 0.29) is 11.9 Å². The summed E-state index contributed by atoms with van der Waals surface area (Å²) in [6.07, 6.45) is -0.899. The van der Waals surface area contributed by atoms with Gasteiger partial charge in [-0.2, -0.15) is 0 Å². The molecule has 2 aliphatic rings. The molecular weight excluding hydrogens is 436 g/mol. The second-order valence-electron chi connectivity index (χ2n) is 8.88. The molecule has 1 amide bonds. The van der Waals surface area contributed by atoms with E-state index in [4.69, 9.17) is 4.74 Å². The van der Waals surface area contributed by atoms with E-state index in [1.807, 2.05) is 89.8 Å². The Balaban J connectivity index is 1.40. The molecular formula is C30H24N2O3. The van der Waals surface area contributed by atoms with Gasteiger partial charge >= 0.3 is 5.97 Å². The van der Waals surface area contributed by atoms with Crippen molar-refractivity contribution in [1.82, 2.24) is 10.2 Å². The molecule has 0 radical (unpaired) electrons. The highest BCUT2D eigenvalue weighted by Crippen LogP contribution is 2.58. The maximum Gasteiger partial charge on any atom is 0.338 e. The maximum atomic E-state index is 13.8. The highest BCUT2D eigenvalue weighted by Gasteiger charge is 2.69. The lowest BCUT2D eigenvalue weighted by Crippen LogP contribution is -2.65. The second-order valence-corrected chi connectivity index (χ2v) is 8.88. The molecule has 4 aromatic rings. The lowest BCUT2D eigenvalue weighted by atomic mass is 9.84. The van der Waals surface area contributed by atoms with Gasteiger partial charge in [-0.3, -0.25) is 10.1 Å². The van der Waals surface area contributed by atoms with Gasteiger partial charge in [0.15, 0.2) is 0 Å². The molecule has 5 heteroatoms. The second kappa shape index (κ2) is 8.53. The topological polar surface area (TPSA) is 68.6 Å². The number of amides is 1. The molecule has 6 rings (SSSR count). The number of benzene rings is 4.